The summed E-state index contributed by atoms with van der Waals surface area (Å²) in [4.78, 5) is 20.0. The molecule has 6 nitrogen and oxygen atoms in total. The molecule has 1 atom stereocenters. The first-order valence-corrected chi connectivity index (χ1v) is 10.00. The third kappa shape index (κ3) is 5.35. The van der Waals surface area contributed by atoms with Crippen LogP contribution in [-0.4, -0.2) is 27.9 Å². The zero-order valence-corrected chi connectivity index (χ0v) is 16.7. The number of amides is 1. The molecule has 27 heavy (non-hydrogen) atoms. The average Bonchev–Trinajstić information content (AvgIpc) is 3.10. The van der Waals surface area contributed by atoms with Gasteiger partial charge in [-0.1, -0.05) is 37.7 Å². The van der Waals surface area contributed by atoms with Crippen LogP contribution >= 0.6 is 11.8 Å². The van der Waals surface area contributed by atoms with Gasteiger partial charge in [0.1, 0.15) is 11.5 Å². The van der Waals surface area contributed by atoms with Crippen LogP contribution < -0.4 is 10.5 Å². The third-order valence-electron chi connectivity index (χ3n) is 4.23. The van der Waals surface area contributed by atoms with Crippen LogP contribution in [0.4, 0.5) is 0 Å². The largest absolute Gasteiger partial charge is 0.493 e. The van der Waals surface area contributed by atoms with Crippen molar-refractivity contribution >= 4 is 22.8 Å². The fourth-order valence-corrected chi connectivity index (χ4v) is 3.76. The summed E-state index contributed by atoms with van der Waals surface area (Å²) in [6.45, 7) is 6.80. The average molecular weight is 388 g/mol. The number of thioether (sulfide) groups is 1. The van der Waals surface area contributed by atoms with Gasteiger partial charge in [-0.15, -0.1) is 0 Å². The van der Waals surface area contributed by atoms with Gasteiger partial charge in [-0.05, 0) is 43.4 Å². The number of hydrogen-bond donors (Lipinski definition) is 1. The lowest BCUT2D eigenvalue weighted by molar-refractivity contribution is -0.117. The van der Waals surface area contributed by atoms with Crippen molar-refractivity contribution in [2.24, 2.45) is 16.6 Å². The monoisotopic (exact) mass is 387 g/mol. The zero-order chi connectivity index (χ0) is 19.4. The molecule has 144 valence electrons. The topological polar surface area (TPSA) is 90.7 Å². The van der Waals surface area contributed by atoms with E-state index in [-0.39, 0.29) is 11.2 Å². The molecule has 1 aromatic carbocycles. The molecule has 1 aliphatic heterocycles. The summed E-state index contributed by atoms with van der Waals surface area (Å²) in [6, 6.07) is 7.75. The van der Waals surface area contributed by atoms with Gasteiger partial charge in [0.15, 0.2) is 11.1 Å². The number of amidine groups is 1. The van der Waals surface area contributed by atoms with E-state index in [4.69, 9.17) is 14.9 Å². The van der Waals surface area contributed by atoms with E-state index >= 15 is 0 Å². The number of oxazole rings is 1. The van der Waals surface area contributed by atoms with Crippen molar-refractivity contribution in [1.82, 2.24) is 4.98 Å². The summed E-state index contributed by atoms with van der Waals surface area (Å²) in [5.41, 5.74) is 7.68. The zero-order valence-electron chi connectivity index (χ0n) is 15.9. The molecule has 3 rings (SSSR count). The maximum atomic E-state index is 11.7. The Morgan fingerprint density at radius 1 is 1.30 bits per heavy atom. The highest BCUT2D eigenvalue weighted by atomic mass is 32.2. The highest BCUT2D eigenvalue weighted by molar-refractivity contribution is 8.15. The fraction of sp³-hybridized carbons (Fsp3) is 0.450. The van der Waals surface area contributed by atoms with Gasteiger partial charge in [0.05, 0.1) is 24.0 Å². The molecule has 7 heteroatoms. The maximum Gasteiger partial charge on any atom is 0.261 e. The van der Waals surface area contributed by atoms with Crippen molar-refractivity contribution in [3.8, 4) is 5.75 Å². The number of nitrogens with two attached hydrogens (primary N) is 1. The number of rotatable bonds is 8. The molecule has 0 fully saturated rings. The molecular formula is C20H25N3O3S. The van der Waals surface area contributed by atoms with Gasteiger partial charge in [-0.25, -0.2) is 4.98 Å². The number of ether oxygens (including phenoxy) is 1. The minimum absolute atomic E-state index is 0.157. The normalized spacial score (nSPS) is 16.8. The Morgan fingerprint density at radius 2 is 2.04 bits per heavy atom. The Hall–Kier alpha value is -2.28. The smallest absolute Gasteiger partial charge is 0.261 e. The molecule has 1 aromatic heterocycles. The van der Waals surface area contributed by atoms with E-state index in [0.717, 1.165) is 29.2 Å². The van der Waals surface area contributed by atoms with Gasteiger partial charge in [0, 0.05) is 0 Å². The van der Waals surface area contributed by atoms with Crippen LogP contribution in [0.2, 0.25) is 0 Å². The Labute approximate surface area is 163 Å². The Morgan fingerprint density at radius 3 is 2.67 bits per heavy atom. The first kappa shape index (κ1) is 19.5. The second-order valence-electron chi connectivity index (χ2n) is 7.05. The van der Waals surface area contributed by atoms with Crippen LogP contribution in [0.15, 0.2) is 33.7 Å². The van der Waals surface area contributed by atoms with Crippen LogP contribution in [0.1, 0.15) is 36.8 Å². The van der Waals surface area contributed by atoms with Crippen molar-refractivity contribution in [2.75, 3.05) is 6.61 Å². The van der Waals surface area contributed by atoms with Crippen LogP contribution in [0.25, 0.3) is 0 Å². The predicted molar refractivity (Wildman–Crippen MR) is 107 cm³/mol. The number of aryl methyl sites for hydroxylation is 1. The Balaban J connectivity index is 1.47. The van der Waals surface area contributed by atoms with Crippen LogP contribution in [0.3, 0.4) is 0 Å². The molecule has 1 aliphatic rings. The van der Waals surface area contributed by atoms with Crippen LogP contribution in [-0.2, 0) is 24.1 Å². The number of aromatic nitrogens is 1. The molecule has 2 heterocycles. The fourth-order valence-electron chi connectivity index (χ4n) is 2.89. The van der Waals surface area contributed by atoms with E-state index < -0.39 is 0 Å². The SMILES string of the molecule is Cc1oc(CCOc2ccc(CC3SC(N)=NC3=O)cc2)nc1CC(C)C. The third-order valence-corrected chi connectivity index (χ3v) is 5.21. The molecule has 2 N–H and O–H groups in total. The summed E-state index contributed by atoms with van der Waals surface area (Å²) in [6.07, 6.45) is 2.17. The Bertz CT molecular complexity index is 827. The van der Waals surface area contributed by atoms with Crippen LogP contribution in [0, 0.1) is 12.8 Å². The number of nitrogens with zero attached hydrogens (tertiary/aromatic N) is 2. The number of carbonyl (C=O) groups excluding carboxylic acids is 1. The predicted octanol–water partition coefficient (Wildman–Crippen LogP) is 3.30. The van der Waals surface area contributed by atoms with Gasteiger partial charge < -0.3 is 14.9 Å². The number of carbonyl (C=O) groups is 1. The number of benzene rings is 1. The van der Waals surface area contributed by atoms with Crippen molar-refractivity contribution in [3.63, 3.8) is 0 Å². The van der Waals surface area contributed by atoms with Crippen molar-refractivity contribution in [1.29, 1.82) is 0 Å². The summed E-state index contributed by atoms with van der Waals surface area (Å²) in [7, 11) is 0. The van der Waals surface area contributed by atoms with Gasteiger partial charge in [-0.2, -0.15) is 4.99 Å². The summed E-state index contributed by atoms with van der Waals surface area (Å²) in [5, 5.41) is 0.133. The summed E-state index contributed by atoms with van der Waals surface area (Å²) >= 11 is 1.32. The van der Waals surface area contributed by atoms with E-state index in [1.165, 1.54) is 11.8 Å². The molecule has 1 unspecified atom stereocenters. The molecular weight excluding hydrogens is 362 g/mol. The van der Waals surface area contributed by atoms with Crippen molar-refractivity contribution in [2.45, 2.75) is 45.3 Å². The highest BCUT2D eigenvalue weighted by Crippen LogP contribution is 2.24. The van der Waals surface area contributed by atoms with E-state index in [9.17, 15) is 4.79 Å². The lowest BCUT2D eigenvalue weighted by Gasteiger charge is -2.08. The van der Waals surface area contributed by atoms with Gasteiger partial charge >= 0.3 is 0 Å². The van der Waals surface area contributed by atoms with Gasteiger partial charge in [0.2, 0.25) is 0 Å². The lowest BCUT2D eigenvalue weighted by atomic mass is 10.1. The number of aliphatic imine (C=N–C) groups is 1. The second-order valence-corrected chi connectivity index (χ2v) is 8.27. The minimum Gasteiger partial charge on any atom is -0.493 e. The molecule has 2 aromatic rings. The molecule has 0 aliphatic carbocycles. The van der Waals surface area contributed by atoms with E-state index in [1.54, 1.807) is 0 Å². The molecule has 0 saturated heterocycles. The highest BCUT2D eigenvalue weighted by Gasteiger charge is 2.26. The van der Waals surface area contributed by atoms with Crippen molar-refractivity contribution < 1.29 is 13.9 Å². The van der Waals surface area contributed by atoms with Gasteiger partial charge in [-0.3, -0.25) is 4.79 Å². The van der Waals surface area contributed by atoms with Crippen LogP contribution in [0.5, 0.6) is 5.75 Å². The maximum absolute atomic E-state index is 11.7. The second kappa shape index (κ2) is 8.61. The summed E-state index contributed by atoms with van der Waals surface area (Å²) < 4.78 is 11.5. The Kier molecular flexibility index (Phi) is 6.21. The first-order valence-electron chi connectivity index (χ1n) is 9.12. The molecule has 0 spiro atoms. The van der Waals surface area contributed by atoms with E-state index in [2.05, 4.69) is 23.8 Å². The summed E-state index contributed by atoms with van der Waals surface area (Å²) in [5.74, 6) is 2.79. The van der Waals surface area contributed by atoms with E-state index in [0.29, 0.717) is 36.4 Å². The minimum atomic E-state index is -0.218. The molecule has 0 radical (unpaired) electrons. The van der Waals surface area contributed by atoms with Gasteiger partial charge in [0.25, 0.3) is 5.91 Å². The molecule has 0 saturated carbocycles. The lowest BCUT2D eigenvalue weighted by Crippen LogP contribution is -2.14. The van der Waals surface area contributed by atoms with Crippen molar-refractivity contribution in [3.05, 3.63) is 47.2 Å². The molecule has 1 amide bonds. The number of hydrogen-bond acceptors (Lipinski definition) is 6. The quantitative estimate of drug-likeness (QED) is 0.747. The first-order chi connectivity index (χ1) is 12.9. The standard InChI is InChI=1S/C20H25N3O3S/c1-12(2)10-16-13(3)26-18(22-16)8-9-25-15-6-4-14(5-7-15)11-17-19(24)23-20(21)27-17/h4-7,12,17H,8-11H2,1-3H3,(H2,21,23,24). The van der Waals surface area contributed by atoms with E-state index in [1.807, 2.05) is 31.2 Å². The molecule has 0 bridgehead atoms.